The molecule has 3 rings (SSSR count). The first kappa shape index (κ1) is 11.9. The maximum absolute atomic E-state index is 13.3. The van der Waals surface area contributed by atoms with Gasteiger partial charge in [0.25, 0.3) is 0 Å². The second-order valence-electron chi connectivity index (χ2n) is 4.67. The van der Waals surface area contributed by atoms with Gasteiger partial charge in [-0.1, -0.05) is 30.3 Å². The van der Waals surface area contributed by atoms with E-state index in [0.717, 1.165) is 22.1 Å². The maximum Gasteiger partial charge on any atom is 0.134 e. The lowest BCUT2D eigenvalue weighted by molar-refractivity contribution is 0.606. The lowest BCUT2D eigenvalue weighted by Gasteiger charge is -2.11. The molecule has 0 aliphatic carbocycles. The molecule has 3 aromatic rings. The summed E-state index contributed by atoms with van der Waals surface area (Å²) in [6.07, 6.45) is 1.67. The fraction of sp³-hybridized carbons (Fsp3) is 0.125. The van der Waals surface area contributed by atoms with Crippen LogP contribution < -0.4 is 5.73 Å². The van der Waals surface area contributed by atoms with Crippen molar-refractivity contribution in [3.8, 4) is 0 Å². The van der Waals surface area contributed by atoms with Crippen molar-refractivity contribution in [1.29, 1.82) is 0 Å². The standard InChI is InChI=1S/C16H14FNO/c1-10-8-11(6-7-14(10)17)16(18)13-9-19-15-5-3-2-4-12(13)15/h2-9,16H,18H2,1H3. The van der Waals surface area contributed by atoms with Crippen LogP contribution in [0.5, 0.6) is 0 Å². The zero-order valence-electron chi connectivity index (χ0n) is 10.6. The summed E-state index contributed by atoms with van der Waals surface area (Å²) in [4.78, 5) is 0. The van der Waals surface area contributed by atoms with E-state index in [1.807, 2.05) is 24.3 Å². The SMILES string of the molecule is Cc1cc(C(N)c2coc3ccccc23)ccc1F. The number of aryl methyl sites for hydroxylation is 1. The molecule has 0 saturated carbocycles. The van der Waals surface area contributed by atoms with Gasteiger partial charge in [0.05, 0.1) is 12.3 Å². The molecule has 0 bridgehead atoms. The number of nitrogens with two attached hydrogens (primary N) is 1. The van der Waals surface area contributed by atoms with E-state index < -0.39 is 0 Å². The highest BCUT2D eigenvalue weighted by molar-refractivity contribution is 5.81. The third-order valence-electron chi connectivity index (χ3n) is 3.39. The number of halogens is 1. The minimum absolute atomic E-state index is 0.215. The van der Waals surface area contributed by atoms with Crippen LogP contribution in [0.15, 0.2) is 53.1 Å². The largest absolute Gasteiger partial charge is 0.464 e. The molecule has 1 unspecified atom stereocenters. The number of furan rings is 1. The fourth-order valence-electron chi connectivity index (χ4n) is 2.28. The van der Waals surface area contributed by atoms with Gasteiger partial charge in [-0.15, -0.1) is 0 Å². The third-order valence-corrected chi connectivity index (χ3v) is 3.39. The summed E-state index contributed by atoms with van der Waals surface area (Å²) in [6, 6.07) is 12.4. The van der Waals surface area contributed by atoms with Gasteiger partial charge in [-0.3, -0.25) is 0 Å². The van der Waals surface area contributed by atoms with Gasteiger partial charge in [0, 0.05) is 10.9 Å². The molecule has 2 N–H and O–H groups in total. The Kier molecular flexibility index (Phi) is 2.84. The van der Waals surface area contributed by atoms with Crippen LogP contribution >= 0.6 is 0 Å². The Balaban J connectivity index is 2.08. The van der Waals surface area contributed by atoms with Crippen LogP contribution in [0, 0.1) is 12.7 Å². The second kappa shape index (κ2) is 4.52. The molecule has 0 spiro atoms. The second-order valence-corrected chi connectivity index (χ2v) is 4.67. The van der Waals surface area contributed by atoms with Crippen LogP contribution in [0.1, 0.15) is 22.7 Å². The Bertz CT molecular complexity index is 732. The predicted molar refractivity (Wildman–Crippen MR) is 73.4 cm³/mol. The molecule has 0 aliphatic rings. The van der Waals surface area contributed by atoms with E-state index in [4.69, 9.17) is 10.2 Å². The minimum Gasteiger partial charge on any atom is -0.464 e. The fourth-order valence-corrected chi connectivity index (χ4v) is 2.28. The number of fused-ring (bicyclic) bond motifs is 1. The van der Waals surface area contributed by atoms with Crippen molar-refractivity contribution in [3.05, 3.63) is 71.2 Å². The van der Waals surface area contributed by atoms with Gasteiger partial charge < -0.3 is 10.2 Å². The molecule has 96 valence electrons. The monoisotopic (exact) mass is 255 g/mol. The normalized spacial score (nSPS) is 12.8. The zero-order valence-corrected chi connectivity index (χ0v) is 10.6. The molecule has 0 aliphatic heterocycles. The van der Waals surface area contributed by atoms with E-state index in [0.29, 0.717) is 5.56 Å². The third kappa shape index (κ3) is 2.02. The van der Waals surface area contributed by atoms with E-state index >= 15 is 0 Å². The summed E-state index contributed by atoms with van der Waals surface area (Å²) in [5.74, 6) is -0.215. The maximum atomic E-state index is 13.3. The Morgan fingerprint density at radius 3 is 2.74 bits per heavy atom. The summed E-state index contributed by atoms with van der Waals surface area (Å²) in [5, 5.41) is 0.997. The van der Waals surface area contributed by atoms with Crippen molar-refractivity contribution in [2.45, 2.75) is 13.0 Å². The van der Waals surface area contributed by atoms with Crippen molar-refractivity contribution >= 4 is 11.0 Å². The Labute approximate surface area is 110 Å². The number of hydrogen-bond donors (Lipinski definition) is 1. The summed E-state index contributed by atoms with van der Waals surface area (Å²) in [5.41, 5.74) is 9.47. The Morgan fingerprint density at radius 1 is 1.16 bits per heavy atom. The molecule has 1 atom stereocenters. The van der Waals surface area contributed by atoms with Crippen molar-refractivity contribution in [1.82, 2.24) is 0 Å². The lowest BCUT2D eigenvalue weighted by Crippen LogP contribution is -2.11. The van der Waals surface area contributed by atoms with E-state index in [-0.39, 0.29) is 11.9 Å². The average Bonchev–Trinajstić information content (AvgIpc) is 2.85. The molecule has 0 amide bonds. The van der Waals surface area contributed by atoms with Crippen molar-refractivity contribution in [2.24, 2.45) is 5.73 Å². The van der Waals surface area contributed by atoms with Gasteiger partial charge in [-0.05, 0) is 30.2 Å². The Hall–Kier alpha value is -2.13. The van der Waals surface area contributed by atoms with E-state index in [1.54, 1.807) is 25.3 Å². The van der Waals surface area contributed by atoms with Crippen molar-refractivity contribution in [2.75, 3.05) is 0 Å². The van der Waals surface area contributed by atoms with Crippen LogP contribution in [-0.4, -0.2) is 0 Å². The van der Waals surface area contributed by atoms with E-state index in [2.05, 4.69) is 0 Å². The minimum atomic E-state index is -0.317. The molecule has 0 saturated heterocycles. The summed E-state index contributed by atoms with van der Waals surface area (Å²) in [7, 11) is 0. The van der Waals surface area contributed by atoms with Crippen LogP contribution in [0.25, 0.3) is 11.0 Å². The lowest BCUT2D eigenvalue weighted by atomic mass is 9.97. The van der Waals surface area contributed by atoms with Gasteiger partial charge in [-0.2, -0.15) is 0 Å². The van der Waals surface area contributed by atoms with Gasteiger partial charge in [0.1, 0.15) is 11.4 Å². The van der Waals surface area contributed by atoms with Crippen LogP contribution in [-0.2, 0) is 0 Å². The first-order chi connectivity index (χ1) is 9.16. The van der Waals surface area contributed by atoms with Crippen LogP contribution in [0.3, 0.4) is 0 Å². The van der Waals surface area contributed by atoms with Crippen LogP contribution in [0.4, 0.5) is 4.39 Å². The molecule has 1 heterocycles. The van der Waals surface area contributed by atoms with E-state index in [1.165, 1.54) is 6.07 Å². The highest BCUT2D eigenvalue weighted by Gasteiger charge is 2.15. The number of benzene rings is 2. The quantitative estimate of drug-likeness (QED) is 0.753. The first-order valence-corrected chi connectivity index (χ1v) is 6.14. The van der Waals surface area contributed by atoms with Crippen LogP contribution in [0.2, 0.25) is 0 Å². The van der Waals surface area contributed by atoms with Crippen molar-refractivity contribution in [3.63, 3.8) is 0 Å². The molecule has 3 heteroatoms. The Morgan fingerprint density at radius 2 is 1.95 bits per heavy atom. The summed E-state index contributed by atoms with van der Waals surface area (Å²) >= 11 is 0. The molecule has 2 aromatic carbocycles. The highest BCUT2D eigenvalue weighted by atomic mass is 19.1. The number of rotatable bonds is 2. The number of hydrogen-bond acceptors (Lipinski definition) is 2. The topological polar surface area (TPSA) is 39.2 Å². The van der Waals surface area contributed by atoms with Gasteiger partial charge in [-0.25, -0.2) is 4.39 Å². The zero-order chi connectivity index (χ0) is 13.4. The molecular weight excluding hydrogens is 241 g/mol. The molecule has 2 nitrogen and oxygen atoms in total. The molecule has 0 fully saturated rings. The highest BCUT2D eigenvalue weighted by Crippen LogP contribution is 2.29. The summed E-state index contributed by atoms with van der Waals surface area (Å²) < 4.78 is 18.8. The predicted octanol–water partition coefficient (Wildman–Crippen LogP) is 3.93. The average molecular weight is 255 g/mol. The van der Waals surface area contributed by atoms with Gasteiger partial charge in [0.15, 0.2) is 0 Å². The van der Waals surface area contributed by atoms with Gasteiger partial charge in [0.2, 0.25) is 0 Å². The molecule has 19 heavy (non-hydrogen) atoms. The molecule has 0 radical (unpaired) electrons. The van der Waals surface area contributed by atoms with Gasteiger partial charge >= 0.3 is 0 Å². The molecule has 1 aromatic heterocycles. The smallest absolute Gasteiger partial charge is 0.134 e. The molecular formula is C16H14FNO. The number of para-hydroxylation sites is 1. The van der Waals surface area contributed by atoms with Crippen molar-refractivity contribution < 1.29 is 8.81 Å². The summed E-state index contributed by atoms with van der Waals surface area (Å²) in [6.45, 7) is 1.74. The van der Waals surface area contributed by atoms with E-state index in [9.17, 15) is 4.39 Å². The first-order valence-electron chi connectivity index (χ1n) is 6.14.